The lowest BCUT2D eigenvalue weighted by Gasteiger charge is -2.36. The molecule has 6 nitrogen and oxygen atoms in total. The number of hydrogen-bond acceptors (Lipinski definition) is 5. The van der Waals surface area contributed by atoms with Gasteiger partial charge in [-0.3, -0.25) is 10.1 Å². The zero-order chi connectivity index (χ0) is 14.3. The SMILES string of the molecule is CC1(O)CCN(c2ncc(C3CC3)cc2[N+](=O)[O-])CC1. The summed E-state index contributed by atoms with van der Waals surface area (Å²) in [4.78, 5) is 17.2. The molecule has 0 aromatic carbocycles. The predicted molar refractivity (Wildman–Crippen MR) is 74.9 cm³/mol. The third-order valence-electron chi connectivity index (χ3n) is 4.25. The van der Waals surface area contributed by atoms with Gasteiger partial charge in [0.05, 0.1) is 10.5 Å². The molecule has 0 atom stereocenters. The van der Waals surface area contributed by atoms with Crippen LogP contribution in [-0.4, -0.2) is 33.7 Å². The Labute approximate surface area is 117 Å². The van der Waals surface area contributed by atoms with Crippen molar-refractivity contribution in [3.8, 4) is 0 Å². The van der Waals surface area contributed by atoms with E-state index in [9.17, 15) is 15.2 Å². The number of anilines is 1. The summed E-state index contributed by atoms with van der Waals surface area (Å²) >= 11 is 0. The van der Waals surface area contributed by atoms with Crippen molar-refractivity contribution in [3.63, 3.8) is 0 Å². The van der Waals surface area contributed by atoms with E-state index in [0.717, 1.165) is 18.4 Å². The van der Waals surface area contributed by atoms with Crippen LogP contribution < -0.4 is 4.90 Å². The van der Waals surface area contributed by atoms with Gasteiger partial charge in [0.15, 0.2) is 0 Å². The van der Waals surface area contributed by atoms with Crippen molar-refractivity contribution in [2.45, 2.75) is 44.1 Å². The first-order valence-electron chi connectivity index (χ1n) is 7.08. The molecule has 1 aliphatic heterocycles. The standard InChI is InChI=1S/C14H19N3O3/c1-14(18)4-6-16(7-5-14)13-12(17(19)20)8-11(9-15-13)10-2-3-10/h8-10,18H,2-7H2,1H3. The Balaban J connectivity index is 1.87. The van der Waals surface area contributed by atoms with Crippen molar-refractivity contribution in [1.29, 1.82) is 0 Å². The summed E-state index contributed by atoms with van der Waals surface area (Å²) in [6.07, 6.45) is 5.19. The first-order chi connectivity index (χ1) is 9.46. The Kier molecular flexibility index (Phi) is 3.12. The van der Waals surface area contributed by atoms with E-state index >= 15 is 0 Å². The van der Waals surface area contributed by atoms with Crippen LogP contribution in [-0.2, 0) is 0 Å². The fraction of sp³-hybridized carbons (Fsp3) is 0.643. The molecule has 108 valence electrons. The Morgan fingerprint density at radius 3 is 2.65 bits per heavy atom. The molecular formula is C14H19N3O3. The van der Waals surface area contributed by atoms with Gasteiger partial charge in [-0.1, -0.05) is 0 Å². The molecule has 0 radical (unpaired) electrons. The van der Waals surface area contributed by atoms with E-state index in [-0.39, 0.29) is 10.6 Å². The maximum Gasteiger partial charge on any atom is 0.311 e. The molecule has 1 saturated carbocycles. The molecule has 1 N–H and O–H groups in total. The van der Waals surface area contributed by atoms with Gasteiger partial charge in [0.2, 0.25) is 5.82 Å². The Bertz CT molecular complexity index is 530. The van der Waals surface area contributed by atoms with Gasteiger partial charge in [-0.25, -0.2) is 4.98 Å². The molecule has 1 saturated heterocycles. The monoisotopic (exact) mass is 277 g/mol. The zero-order valence-corrected chi connectivity index (χ0v) is 11.6. The quantitative estimate of drug-likeness (QED) is 0.677. The van der Waals surface area contributed by atoms with Gasteiger partial charge in [-0.05, 0) is 44.1 Å². The lowest BCUT2D eigenvalue weighted by Crippen LogP contribution is -2.43. The second kappa shape index (κ2) is 4.70. The van der Waals surface area contributed by atoms with Crippen molar-refractivity contribution in [2.24, 2.45) is 0 Å². The molecule has 1 aliphatic carbocycles. The highest BCUT2D eigenvalue weighted by Gasteiger charge is 2.32. The van der Waals surface area contributed by atoms with E-state index in [0.29, 0.717) is 37.7 Å². The third kappa shape index (κ3) is 2.60. The van der Waals surface area contributed by atoms with Crippen LogP contribution in [0.15, 0.2) is 12.3 Å². The third-order valence-corrected chi connectivity index (χ3v) is 4.25. The van der Waals surface area contributed by atoms with Gasteiger partial charge in [0, 0.05) is 25.4 Å². The van der Waals surface area contributed by atoms with Crippen molar-refractivity contribution in [3.05, 3.63) is 27.9 Å². The maximum atomic E-state index is 11.3. The van der Waals surface area contributed by atoms with Gasteiger partial charge >= 0.3 is 5.69 Å². The molecule has 1 aromatic rings. The maximum absolute atomic E-state index is 11.3. The van der Waals surface area contributed by atoms with Gasteiger partial charge < -0.3 is 10.0 Å². The normalized spacial score (nSPS) is 21.8. The largest absolute Gasteiger partial charge is 0.390 e. The summed E-state index contributed by atoms with van der Waals surface area (Å²) in [6, 6.07) is 1.67. The molecule has 6 heteroatoms. The van der Waals surface area contributed by atoms with Gasteiger partial charge in [-0.15, -0.1) is 0 Å². The molecule has 0 bridgehead atoms. The smallest absolute Gasteiger partial charge is 0.311 e. The van der Waals surface area contributed by atoms with E-state index in [4.69, 9.17) is 0 Å². The molecule has 1 aromatic heterocycles. The number of piperidine rings is 1. The minimum Gasteiger partial charge on any atom is -0.390 e. The van der Waals surface area contributed by atoms with Crippen LogP contribution in [0.5, 0.6) is 0 Å². The topological polar surface area (TPSA) is 79.5 Å². The molecular weight excluding hydrogens is 258 g/mol. The lowest BCUT2D eigenvalue weighted by molar-refractivity contribution is -0.384. The first kappa shape index (κ1) is 13.3. The fourth-order valence-electron chi connectivity index (χ4n) is 2.68. The fourth-order valence-corrected chi connectivity index (χ4v) is 2.68. The van der Waals surface area contributed by atoms with Crippen molar-refractivity contribution >= 4 is 11.5 Å². The van der Waals surface area contributed by atoms with Gasteiger partial charge in [0.1, 0.15) is 0 Å². The summed E-state index contributed by atoms with van der Waals surface area (Å²) in [6.45, 7) is 3.01. The molecule has 0 amide bonds. The minimum absolute atomic E-state index is 0.0935. The predicted octanol–water partition coefficient (Wildman–Crippen LogP) is 2.22. The summed E-state index contributed by atoms with van der Waals surface area (Å²) in [5.74, 6) is 0.896. The highest BCUT2D eigenvalue weighted by atomic mass is 16.6. The highest BCUT2D eigenvalue weighted by Crippen LogP contribution is 2.42. The van der Waals surface area contributed by atoms with E-state index < -0.39 is 5.60 Å². The van der Waals surface area contributed by atoms with Crippen LogP contribution in [0.2, 0.25) is 0 Å². The molecule has 2 fully saturated rings. The number of nitrogens with zero attached hydrogens (tertiary/aromatic N) is 3. The molecule has 2 aliphatic rings. The number of rotatable bonds is 3. The summed E-state index contributed by atoms with van der Waals surface area (Å²) in [5.41, 5.74) is 0.402. The van der Waals surface area contributed by atoms with Crippen LogP contribution in [0.1, 0.15) is 44.1 Å². The summed E-state index contributed by atoms with van der Waals surface area (Å²) < 4.78 is 0. The van der Waals surface area contributed by atoms with E-state index in [1.165, 1.54) is 0 Å². The average Bonchev–Trinajstić information content (AvgIpc) is 3.22. The molecule has 2 heterocycles. The van der Waals surface area contributed by atoms with Crippen LogP contribution in [0, 0.1) is 10.1 Å². The number of aromatic nitrogens is 1. The molecule has 0 unspecified atom stereocenters. The minimum atomic E-state index is -0.667. The Morgan fingerprint density at radius 1 is 1.45 bits per heavy atom. The van der Waals surface area contributed by atoms with E-state index in [2.05, 4.69) is 4.98 Å². The number of aliphatic hydroxyl groups is 1. The number of nitro groups is 1. The molecule has 20 heavy (non-hydrogen) atoms. The molecule has 3 rings (SSSR count). The van der Waals surface area contributed by atoms with Crippen LogP contribution in [0.3, 0.4) is 0 Å². The second-order valence-corrected chi connectivity index (χ2v) is 6.13. The summed E-state index contributed by atoms with van der Waals surface area (Å²) in [7, 11) is 0. The highest BCUT2D eigenvalue weighted by molar-refractivity contribution is 5.59. The van der Waals surface area contributed by atoms with Crippen molar-refractivity contribution in [2.75, 3.05) is 18.0 Å². The van der Waals surface area contributed by atoms with E-state index in [1.54, 1.807) is 12.3 Å². The Morgan fingerprint density at radius 2 is 2.10 bits per heavy atom. The average molecular weight is 277 g/mol. The second-order valence-electron chi connectivity index (χ2n) is 6.13. The van der Waals surface area contributed by atoms with Crippen LogP contribution >= 0.6 is 0 Å². The summed E-state index contributed by atoms with van der Waals surface area (Å²) in [5, 5.41) is 21.2. The zero-order valence-electron chi connectivity index (χ0n) is 11.6. The molecule has 0 spiro atoms. The van der Waals surface area contributed by atoms with Gasteiger partial charge in [-0.2, -0.15) is 0 Å². The van der Waals surface area contributed by atoms with Crippen LogP contribution in [0.25, 0.3) is 0 Å². The van der Waals surface area contributed by atoms with Gasteiger partial charge in [0.25, 0.3) is 0 Å². The first-order valence-corrected chi connectivity index (χ1v) is 7.08. The van der Waals surface area contributed by atoms with Crippen molar-refractivity contribution < 1.29 is 10.0 Å². The Hall–Kier alpha value is -1.69. The number of pyridine rings is 1. The number of hydrogen-bond donors (Lipinski definition) is 1. The lowest BCUT2D eigenvalue weighted by atomic mass is 9.94. The van der Waals surface area contributed by atoms with Crippen LogP contribution in [0.4, 0.5) is 11.5 Å². The van der Waals surface area contributed by atoms with Crippen molar-refractivity contribution in [1.82, 2.24) is 4.98 Å². The van der Waals surface area contributed by atoms with E-state index in [1.807, 2.05) is 11.8 Å².